The van der Waals surface area contributed by atoms with E-state index in [0.717, 1.165) is 16.0 Å². The van der Waals surface area contributed by atoms with E-state index in [4.69, 9.17) is 10.3 Å². The molecule has 1 unspecified atom stereocenters. The summed E-state index contributed by atoms with van der Waals surface area (Å²) in [5, 5.41) is 0. The molecule has 0 aliphatic rings. The Morgan fingerprint density at radius 3 is 2.88 bits per heavy atom. The monoisotopic (exact) mass is 312 g/mol. The van der Waals surface area contributed by atoms with E-state index in [9.17, 15) is 0 Å². The molecular weight excluding hydrogens is 300 g/mol. The summed E-state index contributed by atoms with van der Waals surface area (Å²) >= 11 is 5.19. The molecule has 0 bridgehead atoms. The highest BCUT2D eigenvalue weighted by Crippen LogP contribution is 2.26. The number of hydrazine groups is 1. The number of thioether (sulfide) groups is 1. The van der Waals surface area contributed by atoms with Gasteiger partial charge < -0.3 is 4.42 Å². The van der Waals surface area contributed by atoms with Crippen LogP contribution < -0.4 is 11.3 Å². The number of hydrogen-bond acceptors (Lipinski definition) is 4. The minimum atomic E-state index is 0.0222. The average molecular weight is 313 g/mol. The second-order valence-corrected chi connectivity index (χ2v) is 5.51. The predicted octanol–water partition coefficient (Wildman–Crippen LogP) is 3.34. The fourth-order valence-electron chi connectivity index (χ4n) is 1.44. The molecule has 1 atom stereocenters. The van der Waals surface area contributed by atoms with Gasteiger partial charge >= 0.3 is 0 Å². The van der Waals surface area contributed by atoms with Gasteiger partial charge in [-0.3, -0.25) is 5.84 Å². The summed E-state index contributed by atoms with van der Waals surface area (Å²) in [6.45, 7) is 0. The van der Waals surface area contributed by atoms with Crippen LogP contribution in [0.5, 0.6) is 0 Å². The van der Waals surface area contributed by atoms with Crippen LogP contribution in [-0.2, 0) is 0 Å². The third kappa shape index (κ3) is 3.61. The Morgan fingerprint density at radius 2 is 2.24 bits per heavy atom. The minimum Gasteiger partial charge on any atom is -0.468 e. The number of benzene rings is 1. The number of rotatable bonds is 5. The fourth-order valence-corrected chi connectivity index (χ4v) is 2.99. The highest BCUT2D eigenvalue weighted by atomic mass is 79.9. The molecule has 0 aliphatic carbocycles. The van der Waals surface area contributed by atoms with Crippen LogP contribution in [0, 0.1) is 0 Å². The van der Waals surface area contributed by atoms with Crippen LogP contribution in [0.1, 0.15) is 11.8 Å². The summed E-state index contributed by atoms with van der Waals surface area (Å²) < 4.78 is 6.41. The number of nitrogens with one attached hydrogen (secondary N) is 1. The second kappa shape index (κ2) is 6.26. The van der Waals surface area contributed by atoms with E-state index in [1.807, 2.05) is 24.3 Å². The second-order valence-electron chi connectivity index (χ2n) is 3.50. The molecule has 3 nitrogen and oxygen atoms in total. The first kappa shape index (κ1) is 12.7. The molecule has 5 heteroatoms. The number of halogens is 1. The van der Waals surface area contributed by atoms with Gasteiger partial charge in [-0.1, -0.05) is 22.0 Å². The lowest BCUT2D eigenvalue weighted by molar-refractivity contribution is 0.440. The van der Waals surface area contributed by atoms with Crippen LogP contribution in [0.15, 0.2) is 56.4 Å². The fraction of sp³-hybridized carbons (Fsp3) is 0.167. The normalized spacial score (nSPS) is 12.6. The SMILES string of the molecule is NNC(CSc1cccc(Br)c1)c1ccco1. The van der Waals surface area contributed by atoms with Crippen molar-refractivity contribution in [2.45, 2.75) is 10.9 Å². The zero-order valence-electron chi connectivity index (χ0n) is 9.10. The Morgan fingerprint density at radius 1 is 1.35 bits per heavy atom. The molecule has 0 fully saturated rings. The first-order valence-electron chi connectivity index (χ1n) is 5.17. The van der Waals surface area contributed by atoms with Crippen molar-refractivity contribution >= 4 is 27.7 Å². The van der Waals surface area contributed by atoms with Crippen LogP contribution >= 0.6 is 27.7 Å². The molecule has 1 heterocycles. The summed E-state index contributed by atoms with van der Waals surface area (Å²) in [5.41, 5.74) is 2.76. The molecule has 0 amide bonds. The number of furan rings is 1. The van der Waals surface area contributed by atoms with Crippen LogP contribution in [0.2, 0.25) is 0 Å². The molecule has 1 aromatic heterocycles. The van der Waals surface area contributed by atoms with Crippen molar-refractivity contribution in [3.05, 3.63) is 52.9 Å². The average Bonchev–Trinajstić information content (AvgIpc) is 2.84. The van der Waals surface area contributed by atoms with E-state index in [1.165, 1.54) is 4.90 Å². The molecule has 90 valence electrons. The molecule has 0 saturated heterocycles. The molecule has 0 radical (unpaired) electrons. The molecule has 2 aromatic rings. The Kier molecular flexibility index (Phi) is 4.67. The predicted molar refractivity (Wildman–Crippen MR) is 73.6 cm³/mol. The Labute approximate surface area is 113 Å². The van der Waals surface area contributed by atoms with Crippen LogP contribution in [0.3, 0.4) is 0 Å². The topological polar surface area (TPSA) is 51.2 Å². The quantitative estimate of drug-likeness (QED) is 0.505. The van der Waals surface area contributed by atoms with E-state index >= 15 is 0 Å². The van der Waals surface area contributed by atoms with Crippen molar-refractivity contribution in [3.8, 4) is 0 Å². The molecule has 0 aliphatic heterocycles. The van der Waals surface area contributed by atoms with Gasteiger partial charge in [-0.2, -0.15) is 0 Å². The Bertz CT molecular complexity index is 461. The van der Waals surface area contributed by atoms with Crippen LogP contribution in [0.4, 0.5) is 0 Å². The maximum absolute atomic E-state index is 5.53. The van der Waals surface area contributed by atoms with Gasteiger partial charge in [-0.25, -0.2) is 5.43 Å². The summed E-state index contributed by atoms with van der Waals surface area (Å²) in [4.78, 5) is 1.20. The highest BCUT2D eigenvalue weighted by Gasteiger charge is 2.12. The third-order valence-corrected chi connectivity index (χ3v) is 3.88. The van der Waals surface area contributed by atoms with Gasteiger partial charge in [0.15, 0.2) is 0 Å². The van der Waals surface area contributed by atoms with Gasteiger partial charge in [0.2, 0.25) is 0 Å². The van der Waals surface area contributed by atoms with Crippen molar-refractivity contribution in [3.63, 3.8) is 0 Å². The van der Waals surface area contributed by atoms with E-state index < -0.39 is 0 Å². The van der Waals surface area contributed by atoms with Crippen molar-refractivity contribution in [1.29, 1.82) is 0 Å². The molecule has 2 rings (SSSR count). The summed E-state index contributed by atoms with van der Waals surface area (Å²) in [6.07, 6.45) is 1.66. The molecule has 3 N–H and O–H groups in total. The first-order valence-corrected chi connectivity index (χ1v) is 6.95. The van der Waals surface area contributed by atoms with Gasteiger partial charge in [0.25, 0.3) is 0 Å². The maximum atomic E-state index is 5.53. The summed E-state index contributed by atoms with van der Waals surface area (Å²) in [6, 6.07) is 12.0. The van der Waals surface area contributed by atoms with E-state index in [-0.39, 0.29) is 6.04 Å². The van der Waals surface area contributed by atoms with Crippen LogP contribution in [-0.4, -0.2) is 5.75 Å². The van der Waals surface area contributed by atoms with Gasteiger partial charge in [0, 0.05) is 15.1 Å². The number of nitrogens with two attached hydrogens (primary N) is 1. The molecule has 1 aromatic carbocycles. The zero-order valence-corrected chi connectivity index (χ0v) is 11.5. The van der Waals surface area contributed by atoms with Gasteiger partial charge in [0.05, 0.1) is 12.3 Å². The third-order valence-electron chi connectivity index (χ3n) is 2.30. The molecule has 0 saturated carbocycles. The largest absolute Gasteiger partial charge is 0.468 e. The van der Waals surface area contributed by atoms with E-state index in [0.29, 0.717) is 0 Å². The Hall–Kier alpha value is -0.750. The van der Waals surface area contributed by atoms with Crippen molar-refractivity contribution in [2.75, 3.05) is 5.75 Å². The smallest absolute Gasteiger partial charge is 0.122 e. The highest BCUT2D eigenvalue weighted by molar-refractivity contribution is 9.10. The lowest BCUT2D eigenvalue weighted by Crippen LogP contribution is -2.29. The molecule has 17 heavy (non-hydrogen) atoms. The Balaban J connectivity index is 1.97. The van der Waals surface area contributed by atoms with Gasteiger partial charge in [0.1, 0.15) is 5.76 Å². The standard InChI is InChI=1S/C12H13BrN2OS/c13-9-3-1-4-10(7-9)17-8-11(15-14)12-5-2-6-16-12/h1-7,11,15H,8,14H2. The van der Waals surface area contributed by atoms with E-state index in [1.54, 1.807) is 18.0 Å². The van der Waals surface area contributed by atoms with E-state index in [2.05, 4.69) is 33.5 Å². The zero-order chi connectivity index (χ0) is 12.1. The van der Waals surface area contributed by atoms with Gasteiger partial charge in [-0.05, 0) is 30.3 Å². The first-order chi connectivity index (χ1) is 8.29. The summed E-state index contributed by atoms with van der Waals surface area (Å²) in [7, 11) is 0. The van der Waals surface area contributed by atoms with Crippen molar-refractivity contribution in [1.82, 2.24) is 5.43 Å². The molecular formula is C12H13BrN2OS. The lowest BCUT2D eigenvalue weighted by atomic mass is 10.3. The van der Waals surface area contributed by atoms with Crippen molar-refractivity contribution < 1.29 is 4.42 Å². The van der Waals surface area contributed by atoms with Crippen molar-refractivity contribution in [2.24, 2.45) is 5.84 Å². The van der Waals surface area contributed by atoms with Gasteiger partial charge in [-0.15, -0.1) is 11.8 Å². The summed E-state index contributed by atoms with van der Waals surface area (Å²) in [5.74, 6) is 7.20. The van der Waals surface area contributed by atoms with Crippen LogP contribution in [0.25, 0.3) is 0 Å². The minimum absolute atomic E-state index is 0.0222. The molecule has 0 spiro atoms. The lowest BCUT2D eigenvalue weighted by Gasteiger charge is -2.12. The number of hydrogen-bond donors (Lipinski definition) is 2. The maximum Gasteiger partial charge on any atom is 0.122 e.